The van der Waals surface area contributed by atoms with Gasteiger partial charge in [0.05, 0.1) is 22.8 Å². The number of carbonyl (C=O) groups is 2. The molecule has 0 radical (unpaired) electrons. The molecule has 3 aromatic rings. The Hall–Kier alpha value is -2.58. The van der Waals surface area contributed by atoms with E-state index in [4.69, 9.17) is 11.6 Å². The number of hydrogen-bond acceptors (Lipinski definition) is 5. The summed E-state index contributed by atoms with van der Waals surface area (Å²) in [5.41, 5.74) is 3.06. The Morgan fingerprint density at radius 1 is 1.26 bits per heavy atom. The number of hydrogen-bond donors (Lipinski definition) is 3. The molecule has 0 spiro atoms. The molecule has 7 nitrogen and oxygen atoms in total. The predicted molar refractivity (Wildman–Crippen MR) is 107 cm³/mol. The average molecular weight is 404 g/mol. The van der Waals surface area contributed by atoms with E-state index in [1.54, 1.807) is 6.07 Å². The normalized spacial score (nSPS) is 10.7. The van der Waals surface area contributed by atoms with Crippen molar-refractivity contribution in [3.8, 4) is 0 Å². The second-order valence-corrected chi connectivity index (χ2v) is 7.09. The topological polar surface area (TPSA) is 99.8 Å². The molecule has 1 aromatic carbocycles. The molecule has 0 saturated heterocycles. The highest BCUT2D eigenvalue weighted by Crippen LogP contribution is 2.20. The van der Waals surface area contributed by atoms with Crippen LogP contribution in [0, 0.1) is 0 Å². The van der Waals surface area contributed by atoms with Crippen LogP contribution in [0.15, 0.2) is 41.7 Å². The Kier molecular flexibility index (Phi) is 6.31. The van der Waals surface area contributed by atoms with Crippen molar-refractivity contribution < 1.29 is 9.59 Å². The van der Waals surface area contributed by atoms with Crippen molar-refractivity contribution in [1.82, 2.24) is 20.3 Å². The zero-order valence-corrected chi connectivity index (χ0v) is 16.2. The van der Waals surface area contributed by atoms with Gasteiger partial charge in [-0.25, -0.2) is 9.97 Å². The number of amides is 2. The largest absolute Gasteiger partial charge is 0.346 e. The minimum absolute atomic E-state index is 0.0886. The van der Waals surface area contributed by atoms with Gasteiger partial charge in [-0.15, -0.1) is 0 Å². The van der Waals surface area contributed by atoms with Crippen LogP contribution in [0.5, 0.6) is 0 Å². The molecule has 0 atom stereocenters. The first-order valence-corrected chi connectivity index (χ1v) is 9.70. The Morgan fingerprint density at radius 2 is 2.07 bits per heavy atom. The third kappa shape index (κ3) is 5.21. The number of halogens is 1. The van der Waals surface area contributed by atoms with Gasteiger partial charge in [-0.3, -0.25) is 9.59 Å². The van der Waals surface area contributed by atoms with Crippen molar-refractivity contribution in [2.75, 3.05) is 17.6 Å². The van der Waals surface area contributed by atoms with Gasteiger partial charge in [0.1, 0.15) is 0 Å². The number of rotatable bonds is 7. The summed E-state index contributed by atoms with van der Waals surface area (Å²) in [4.78, 5) is 35.4. The van der Waals surface area contributed by atoms with Gasteiger partial charge in [0, 0.05) is 11.9 Å². The van der Waals surface area contributed by atoms with E-state index in [9.17, 15) is 9.59 Å². The number of thioether (sulfide) groups is 1. The van der Waals surface area contributed by atoms with Crippen LogP contribution in [0.2, 0.25) is 5.02 Å². The Balaban J connectivity index is 1.46. The summed E-state index contributed by atoms with van der Waals surface area (Å²) < 4.78 is 0. The molecular weight excluding hydrogens is 386 g/mol. The molecule has 0 aliphatic heterocycles. The molecule has 2 amide bonds. The molecule has 3 rings (SSSR count). The number of pyridine rings is 1. The molecule has 27 heavy (non-hydrogen) atoms. The molecule has 3 N–H and O–H groups in total. The molecule has 0 aliphatic carbocycles. The fraction of sp³-hybridized carbons (Fsp3) is 0.222. The fourth-order valence-electron chi connectivity index (χ4n) is 2.43. The summed E-state index contributed by atoms with van der Waals surface area (Å²) in [7, 11) is 0. The second-order valence-electron chi connectivity index (χ2n) is 5.69. The van der Waals surface area contributed by atoms with E-state index in [0.29, 0.717) is 21.3 Å². The molecule has 9 heteroatoms. The van der Waals surface area contributed by atoms with Crippen molar-refractivity contribution in [3.63, 3.8) is 0 Å². The van der Waals surface area contributed by atoms with Gasteiger partial charge in [0.2, 0.25) is 11.8 Å². The number of para-hydroxylation sites is 1. The van der Waals surface area contributed by atoms with Crippen LogP contribution < -0.4 is 10.6 Å². The van der Waals surface area contributed by atoms with Gasteiger partial charge in [-0.05, 0) is 24.1 Å². The number of carbonyl (C=O) groups excluding carboxylic acids is 2. The first-order valence-electron chi connectivity index (χ1n) is 8.33. The molecule has 2 aromatic heterocycles. The fourth-order valence-corrected chi connectivity index (χ4v) is 3.29. The molecule has 0 fully saturated rings. The first kappa shape index (κ1) is 19.2. The predicted octanol–water partition coefficient (Wildman–Crippen LogP) is 3.02. The van der Waals surface area contributed by atoms with Gasteiger partial charge < -0.3 is 15.6 Å². The summed E-state index contributed by atoms with van der Waals surface area (Å²) in [5.74, 6) is -0.394. The lowest BCUT2D eigenvalue weighted by Gasteiger charge is -2.10. The Bertz CT molecular complexity index is 975. The van der Waals surface area contributed by atoms with E-state index in [2.05, 4.69) is 25.6 Å². The molecule has 2 heterocycles. The van der Waals surface area contributed by atoms with Crippen molar-refractivity contribution in [3.05, 3.63) is 47.1 Å². The third-order valence-corrected chi connectivity index (χ3v) is 4.82. The van der Waals surface area contributed by atoms with Crippen LogP contribution in [0.1, 0.15) is 12.5 Å². The molecule has 0 saturated carbocycles. The summed E-state index contributed by atoms with van der Waals surface area (Å²) in [5, 5.41) is 6.49. The quantitative estimate of drug-likeness (QED) is 0.526. The maximum atomic E-state index is 12.0. The Labute approximate surface area is 165 Å². The number of aromatic nitrogens is 3. The number of H-pyrrole nitrogens is 1. The second kappa shape index (κ2) is 8.88. The summed E-state index contributed by atoms with van der Waals surface area (Å²) >= 11 is 7.11. The van der Waals surface area contributed by atoms with Gasteiger partial charge >= 0.3 is 0 Å². The lowest BCUT2D eigenvalue weighted by molar-refractivity contribution is -0.122. The number of anilines is 1. The van der Waals surface area contributed by atoms with E-state index < -0.39 is 0 Å². The van der Waals surface area contributed by atoms with E-state index in [1.165, 1.54) is 18.0 Å². The number of aromatic amines is 1. The standard InChI is InChI=1S/C18H18ClN5O2S/c1-2-11-5-3-4-6-13(11)22-15(25)9-20-16(26)10-27-18-23-14-7-12(19)8-21-17(14)24-18/h3-8H,2,9-10H2,1H3,(H,20,26)(H,22,25)(H,21,23,24). The molecule has 0 bridgehead atoms. The lowest BCUT2D eigenvalue weighted by atomic mass is 10.1. The summed E-state index contributed by atoms with van der Waals surface area (Å²) in [6, 6.07) is 9.31. The van der Waals surface area contributed by atoms with Gasteiger partial charge in [0.25, 0.3) is 0 Å². The highest BCUT2D eigenvalue weighted by atomic mass is 35.5. The minimum Gasteiger partial charge on any atom is -0.346 e. The maximum Gasteiger partial charge on any atom is 0.243 e. The smallest absolute Gasteiger partial charge is 0.243 e. The van der Waals surface area contributed by atoms with E-state index in [1.807, 2.05) is 31.2 Å². The van der Waals surface area contributed by atoms with Crippen LogP contribution in [-0.2, 0) is 16.0 Å². The third-order valence-electron chi connectivity index (χ3n) is 3.74. The number of nitrogens with one attached hydrogen (secondary N) is 3. The van der Waals surface area contributed by atoms with Crippen LogP contribution >= 0.6 is 23.4 Å². The average Bonchev–Trinajstić information content (AvgIpc) is 3.07. The molecule has 140 valence electrons. The molecule has 0 unspecified atom stereocenters. The van der Waals surface area contributed by atoms with Crippen molar-refractivity contribution in [2.45, 2.75) is 18.5 Å². The van der Waals surface area contributed by atoms with Crippen LogP contribution in [0.25, 0.3) is 11.2 Å². The van der Waals surface area contributed by atoms with Crippen molar-refractivity contribution in [1.29, 1.82) is 0 Å². The van der Waals surface area contributed by atoms with Gasteiger partial charge in [0.15, 0.2) is 10.8 Å². The number of aryl methyl sites for hydroxylation is 1. The number of fused-ring (bicyclic) bond motifs is 1. The van der Waals surface area contributed by atoms with Gasteiger partial charge in [-0.1, -0.05) is 48.5 Å². The van der Waals surface area contributed by atoms with Crippen LogP contribution in [-0.4, -0.2) is 39.1 Å². The van der Waals surface area contributed by atoms with Crippen LogP contribution in [0.3, 0.4) is 0 Å². The zero-order valence-electron chi connectivity index (χ0n) is 14.6. The number of nitrogens with zero attached hydrogens (tertiary/aromatic N) is 2. The highest BCUT2D eigenvalue weighted by molar-refractivity contribution is 7.99. The Morgan fingerprint density at radius 3 is 2.89 bits per heavy atom. The molecule has 0 aliphatic rings. The van der Waals surface area contributed by atoms with Crippen molar-refractivity contribution >= 4 is 52.0 Å². The van der Waals surface area contributed by atoms with Gasteiger partial charge in [-0.2, -0.15) is 0 Å². The number of benzene rings is 1. The minimum atomic E-state index is -0.267. The first-order chi connectivity index (χ1) is 13.0. The monoisotopic (exact) mass is 403 g/mol. The maximum absolute atomic E-state index is 12.0. The van der Waals surface area contributed by atoms with E-state index >= 15 is 0 Å². The van der Waals surface area contributed by atoms with Crippen molar-refractivity contribution in [2.24, 2.45) is 0 Å². The lowest BCUT2D eigenvalue weighted by Crippen LogP contribution is -2.34. The highest BCUT2D eigenvalue weighted by Gasteiger charge is 2.10. The SMILES string of the molecule is CCc1ccccc1NC(=O)CNC(=O)CSc1nc2ncc(Cl)cc2[nH]1. The van der Waals surface area contributed by atoms with E-state index in [0.717, 1.165) is 17.7 Å². The zero-order chi connectivity index (χ0) is 19.2. The summed E-state index contributed by atoms with van der Waals surface area (Å²) in [6.07, 6.45) is 2.33. The van der Waals surface area contributed by atoms with Crippen LogP contribution in [0.4, 0.5) is 5.69 Å². The number of imidazole rings is 1. The molecular formula is C18H18ClN5O2S. The summed E-state index contributed by atoms with van der Waals surface area (Å²) in [6.45, 7) is 1.93. The van der Waals surface area contributed by atoms with E-state index in [-0.39, 0.29) is 24.1 Å².